The Morgan fingerprint density at radius 2 is 1.11 bits per heavy atom. The van der Waals surface area contributed by atoms with E-state index in [-0.39, 0.29) is 17.3 Å². The minimum absolute atomic E-state index is 0.0599. The summed E-state index contributed by atoms with van der Waals surface area (Å²) < 4.78 is 0. The Morgan fingerprint density at radius 1 is 0.446 bits per heavy atom. The van der Waals surface area contributed by atoms with Gasteiger partial charge in [0.25, 0.3) is 0 Å². The zero-order valence-electron chi connectivity index (χ0n) is 32.5. The molecule has 2 aromatic rings. The second-order valence-corrected chi connectivity index (χ2v) is 18.6. The summed E-state index contributed by atoms with van der Waals surface area (Å²) in [5.41, 5.74) is 16.3. The maximum atomic E-state index is 2.63. The lowest BCUT2D eigenvalue weighted by atomic mass is 9.64. The van der Waals surface area contributed by atoms with Crippen LogP contribution in [0, 0.1) is 64.6 Å². The van der Waals surface area contributed by atoms with Gasteiger partial charge in [0.15, 0.2) is 0 Å². The lowest BCUT2D eigenvalue weighted by molar-refractivity contribution is 0.453. The molecule has 0 heterocycles. The van der Waals surface area contributed by atoms with Crippen LogP contribution < -0.4 is 10.4 Å². The first-order valence-corrected chi connectivity index (χ1v) is 21.1. The summed E-state index contributed by atoms with van der Waals surface area (Å²) in [4.78, 5) is 0. The number of allylic oxidation sites excluding steroid dienone is 28. The van der Waals surface area contributed by atoms with Gasteiger partial charge in [0, 0.05) is 47.3 Å². The van der Waals surface area contributed by atoms with Crippen molar-refractivity contribution in [1.29, 1.82) is 0 Å². The zero-order chi connectivity index (χ0) is 37.3. The van der Waals surface area contributed by atoms with E-state index in [9.17, 15) is 0 Å². The molecule has 0 bridgehead atoms. The van der Waals surface area contributed by atoms with Crippen molar-refractivity contribution in [2.75, 3.05) is 0 Å². The second-order valence-electron chi connectivity index (χ2n) is 18.6. The van der Waals surface area contributed by atoms with Gasteiger partial charge >= 0.3 is 0 Å². The molecule has 272 valence electrons. The minimum atomic E-state index is 0.0599. The van der Waals surface area contributed by atoms with Crippen LogP contribution >= 0.6 is 0 Å². The monoisotopic (exact) mass is 720 g/mol. The molecule has 10 aliphatic carbocycles. The summed E-state index contributed by atoms with van der Waals surface area (Å²) in [6.07, 6.45) is 50.7. The van der Waals surface area contributed by atoms with Crippen molar-refractivity contribution in [3.63, 3.8) is 0 Å². The molecule has 0 spiro atoms. The van der Waals surface area contributed by atoms with Gasteiger partial charge in [-0.05, 0) is 72.3 Å². The highest BCUT2D eigenvalue weighted by atomic mass is 14.5. The maximum Gasteiger partial charge on any atom is 0.0140 e. The molecule has 2 aromatic carbocycles. The van der Waals surface area contributed by atoms with Gasteiger partial charge < -0.3 is 0 Å². The number of hydrogen-bond donors (Lipinski definition) is 0. The van der Waals surface area contributed by atoms with Gasteiger partial charge in [0.05, 0.1) is 0 Å². The summed E-state index contributed by atoms with van der Waals surface area (Å²) >= 11 is 0. The molecule has 10 atom stereocenters. The van der Waals surface area contributed by atoms with Gasteiger partial charge in [-0.2, -0.15) is 0 Å². The first-order chi connectivity index (χ1) is 27.4. The number of fused-ring (bicyclic) bond motifs is 8. The molecule has 0 aliphatic heterocycles. The van der Waals surface area contributed by atoms with Crippen molar-refractivity contribution in [3.8, 4) is 0 Å². The molecule has 0 nitrogen and oxygen atoms in total. The second kappa shape index (κ2) is 12.0. The van der Waals surface area contributed by atoms with Crippen LogP contribution in [0.5, 0.6) is 0 Å². The molecule has 0 amide bonds. The Bertz CT molecular complexity index is 2700. The minimum Gasteiger partial charge on any atom is -0.0799 e. The van der Waals surface area contributed by atoms with Gasteiger partial charge in [0.2, 0.25) is 0 Å². The van der Waals surface area contributed by atoms with Crippen molar-refractivity contribution < 1.29 is 0 Å². The van der Waals surface area contributed by atoms with Gasteiger partial charge in [-0.25, -0.2) is 0 Å². The van der Waals surface area contributed by atoms with Crippen LogP contribution in [-0.2, 0) is 0 Å². The Kier molecular flexibility index (Phi) is 7.03. The van der Waals surface area contributed by atoms with E-state index in [0.717, 1.165) is 0 Å². The smallest absolute Gasteiger partial charge is 0.0140 e. The Hall–Kier alpha value is -5.46. The van der Waals surface area contributed by atoms with Crippen molar-refractivity contribution in [2.45, 2.75) is 20.8 Å². The fourth-order valence-electron chi connectivity index (χ4n) is 12.5. The van der Waals surface area contributed by atoms with E-state index in [1.807, 2.05) is 0 Å². The predicted molar refractivity (Wildman–Crippen MR) is 233 cm³/mol. The molecular formula is C56H48. The summed E-state index contributed by atoms with van der Waals surface area (Å²) in [6, 6.07) is 19.0. The van der Waals surface area contributed by atoms with Crippen LogP contribution in [0.25, 0.3) is 16.7 Å². The van der Waals surface area contributed by atoms with Gasteiger partial charge in [0.1, 0.15) is 0 Å². The third-order valence-electron chi connectivity index (χ3n) is 14.9. The first kappa shape index (κ1) is 32.8. The molecule has 0 saturated heterocycles. The molecule has 10 unspecified atom stereocenters. The molecule has 2 saturated carbocycles. The van der Waals surface area contributed by atoms with Crippen LogP contribution in [0.4, 0.5) is 0 Å². The average molecular weight is 721 g/mol. The largest absolute Gasteiger partial charge is 0.0799 e. The van der Waals surface area contributed by atoms with Crippen LogP contribution in [0.1, 0.15) is 31.9 Å². The van der Waals surface area contributed by atoms with Crippen LogP contribution in [0.15, 0.2) is 210 Å². The Morgan fingerprint density at radius 3 is 1.89 bits per heavy atom. The van der Waals surface area contributed by atoms with E-state index < -0.39 is 0 Å². The van der Waals surface area contributed by atoms with Crippen molar-refractivity contribution in [2.24, 2.45) is 64.6 Å². The van der Waals surface area contributed by atoms with Gasteiger partial charge in [-0.15, -0.1) is 0 Å². The zero-order valence-corrected chi connectivity index (χ0v) is 32.5. The van der Waals surface area contributed by atoms with E-state index in [1.54, 1.807) is 16.7 Å². The van der Waals surface area contributed by atoms with E-state index >= 15 is 0 Å². The molecule has 2 fully saturated rings. The van der Waals surface area contributed by atoms with E-state index in [2.05, 4.69) is 197 Å². The highest BCUT2D eigenvalue weighted by molar-refractivity contribution is 5.85. The maximum absolute atomic E-state index is 2.63. The van der Waals surface area contributed by atoms with Crippen molar-refractivity contribution >= 4 is 16.7 Å². The lowest BCUT2D eigenvalue weighted by Crippen LogP contribution is -2.41. The SMILES string of the molecule is CC(C)(C)C1=CC2C(c3ccc(C4=CC=C5C6C=CC=CC6C6=CC=CC4C65)cc3)=c3ccccc3=C(C3=C4C=CC=C5C6C=CC=CC6C(C=C3)C54)C2C=C1. The molecule has 0 heteroatoms. The molecule has 10 aliphatic rings. The number of hydrogen-bond acceptors (Lipinski definition) is 0. The van der Waals surface area contributed by atoms with Crippen LogP contribution in [-0.4, -0.2) is 0 Å². The summed E-state index contributed by atoms with van der Waals surface area (Å²) in [6.45, 7) is 7.09. The highest BCUT2D eigenvalue weighted by Crippen LogP contribution is 2.59. The van der Waals surface area contributed by atoms with Gasteiger partial charge in [-0.3, -0.25) is 0 Å². The van der Waals surface area contributed by atoms with Gasteiger partial charge in [-0.1, -0.05) is 214 Å². The molecule has 12 rings (SSSR count). The topological polar surface area (TPSA) is 0 Å². The lowest BCUT2D eigenvalue weighted by Gasteiger charge is -2.39. The fraction of sp³-hybridized carbons (Fsp3) is 0.250. The molecule has 0 aromatic heterocycles. The molecule has 56 heavy (non-hydrogen) atoms. The van der Waals surface area contributed by atoms with Crippen molar-refractivity contribution in [3.05, 3.63) is 231 Å². The van der Waals surface area contributed by atoms with E-state index in [0.29, 0.717) is 47.3 Å². The Labute approximate surface area is 331 Å². The third kappa shape index (κ3) is 4.59. The summed E-state index contributed by atoms with van der Waals surface area (Å²) in [5.74, 6) is 4.33. The van der Waals surface area contributed by atoms with E-state index in [4.69, 9.17) is 0 Å². The highest BCUT2D eigenvalue weighted by Gasteiger charge is 2.49. The first-order valence-electron chi connectivity index (χ1n) is 21.1. The third-order valence-corrected chi connectivity index (χ3v) is 14.9. The van der Waals surface area contributed by atoms with Crippen LogP contribution in [0.3, 0.4) is 0 Å². The standard InChI is InChI=1S/C56H48/c1-56(2,3)35-26-27-50-51(32-35)52(34-24-22-33(23-25-34)36-28-29-47-39-14-6-4-12-37(39)42-19-10-18-41(36)53(42)47)44-16-8-9-17-45(44)55(50)49-31-30-48-40-15-7-5-13-38(40)43-20-11-21-46(49)54(43)48/h4-32,37-41,48,50-51,53-54H,1-3H3. The molecule has 0 N–H and O–H groups in total. The normalized spacial score (nSPS) is 34.5. The Balaban J connectivity index is 1.01. The number of rotatable bonds is 3. The summed E-state index contributed by atoms with van der Waals surface area (Å²) in [7, 11) is 0. The van der Waals surface area contributed by atoms with Crippen molar-refractivity contribution in [1.82, 2.24) is 0 Å². The van der Waals surface area contributed by atoms with Crippen LogP contribution in [0.2, 0.25) is 0 Å². The molecular weight excluding hydrogens is 673 g/mol. The van der Waals surface area contributed by atoms with E-state index in [1.165, 1.54) is 55.0 Å². The summed E-state index contributed by atoms with van der Waals surface area (Å²) in [5, 5.41) is 2.77. The molecule has 0 radical (unpaired) electrons. The number of benzene rings is 2. The average Bonchev–Trinajstić information content (AvgIpc) is 3.74. The quantitative estimate of drug-likeness (QED) is 0.296. The predicted octanol–water partition coefficient (Wildman–Crippen LogP) is 11.2. The fourth-order valence-corrected chi connectivity index (χ4v) is 12.5.